The monoisotopic (exact) mass is 305 g/mol. The van der Waals surface area contributed by atoms with Crippen LogP contribution in [0.3, 0.4) is 0 Å². The average Bonchev–Trinajstić information content (AvgIpc) is 2.84. The first kappa shape index (κ1) is 15.1. The quantitative estimate of drug-likeness (QED) is 0.906. The highest BCUT2D eigenvalue weighted by atomic mass is 32.1. The van der Waals surface area contributed by atoms with Crippen molar-refractivity contribution < 1.29 is 14.7 Å². The van der Waals surface area contributed by atoms with Gasteiger partial charge < -0.3 is 10.4 Å². The minimum Gasteiger partial charge on any atom is -0.478 e. The largest absolute Gasteiger partial charge is 0.478 e. The van der Waals surface area contributed by atoms with Crippen LogP contribution in [-0.4, -0.2) is 27.2 Å². The van der Waals surface area contributed by atoms with Gasteiger partial charge in [0.15, 0.2) is 0 Å². The molecule has 0 aromatic carbocycles. The fourth-order valence-electron chi connectivity index (χ4n) is 1.82. The average molecular weight is 305 g/mol. The second-order valence-electron chi connectivity index (χ2n) is 4.55. The standard InChI is InChI=1S/C14H15N3O3S/c1-4-9-6-11(14(19)20)13(21-9)15-12(18)10-5-7(2)16-17-8(10)3/h5-6H,4H2,1-3H3,(H,15,18)(H,19,20). The van der Waals surface area contributed by atoms with Gasteiger partial charge in [-0.3, -0.25) is 4.79 Å². The number of rotatable bonds is 4. The smallest absolute Gasteiger partial charge is 0.338 e. The van der Waals surface area contributed by atoms with Gasteiger partial charge in [0.05, 0.1) is 22.5 Å². The van der Waals surface area contributed by atoms with Crippen LogP contribution in [0.15, 0.2) is 12.1 Å². The van der Waals surface area contributed by atoms with Gasteiger partial charge >= 0.3 is 5.97 Å². The normalized spacial score (nSPS) is 10.4. The minimum absolute atomic E-state index is 0.113. The van der Waals surface area contributed by atoms with Gasteiger partial charge in [0.25, 0.3) is 5.91 Å². The van der Waals surface area contributed by atoms with Gasteiger partial charge in [-0.2, -0.15) is 10.2 Å². The highest BCUT2D eigenvalue weighted by Crippen LogP contribution is 2.29. The number of carboxylic acid groups (broad SMARTS) is 1. The molecule has 7 heteroatoms. The summed E-state index contributed by atoms with van der Waals surface area (Å²) in [6.07, 6.45) is 0.718. The third-order valence-electron chi connectivity index (χ3n) is 2.93. The molecule has 0 aliphatic rings. The van der Waals surface area contributed by atoms with Crippen LogP contribution in [0.25, 0.3) is 0 Å². The number of carboxylic acids is 1. The van der Waals surface area contributed by atoms with E-state index in [4.69, 9.17) is 0 Å². The van der Waals surface area contributed by atoms with E-state index in [1.54, 1.807) is 26.0 Å². The highest BCUT2D eigenvalue weighted by Gasteiger charge is 2.19. The summed E-state index contributed by atoms with van der Waals surface area (Å²) in [6, 6.07) is 3.22. The molecule has 2 aromatic rings. The predicted octanol–water partition coefficient (Wildman–Crippen LogP) is 2.67. The second-order valence-corrected chi connectivity index (χ2v) is 5.69. The van der Waals surface area contributed by atoms with E-state index in [1.165, 1.54) is 11.3 Å². The molecule has 0 unspecified atom stereocenters. The molecule has 0 fully saturated rings. The summed E-state index contributed by atoms with van der Waals surface area (Å²) in [5, 5.41) is 20.0. The summed E-state index contributed by atoms with van der Waals surface area (Å²) >= 11 is 1.27. The first-order valence-corrected chi connectivity index (χ1v) is 7.22. The molecule has 1 amide bonds. The van der Waals surface area contributed by atoms with Crippen LogP contribution in [0.2, 0.25) is 0 Å². The lowest BCUT2D eigenvalue weighted by atomic mass is 10.2. The number of thiophene rings is 1. The van der Waals surface area contributed by atoms with Crippen LogP contribution in [0.1, 0.15) is 43.9 Å². The number of carbonyl (C=O) groups is 2. The van der Waals surface area contributed by atoms with Crippen molar-refractivity contribution in [3.05, 3.63) is 39.5 Å². The number of nitrogens with zero attached hydrogens (tertiary/aromatic N) is 2. The lowest BCUT2D eigenvalue weighted by Gasteiger charge is -2.06. The van der Waals surface area contributed by atoms with Gasteiger partial charge in [-0.05, 0) is 32.4 Å². The van der Waals surface area contributed by atoms with Crippen molar-refractivity contribution >= 4 is 28.2 Å². The molecule has 0 saturated heterocycles. The molecule has 2 N–H and O–H groups in total. The maximum absolute atomic E-state index is 12.3. The van der Waals surface area contributed by atoms with Crippen LogP contribution < -0.4 is 5.32 Å². The molecule has 2 aromatic heterocycles. The summed E-state index contributed by atoms with van der Waals surface area (Å²) in [5.41, 5.74) is 1.64. The van der Waals surface area contributed by atoms with Gasteiger partial charge in [-0.1, -0.05) is 6.92 Å². The van der Waals surface area contributed by atoms with Crippen LogP contribution in [-0.2, 0) is 6.42 Å². The molecule has 0 saturated carbocycles. The molecule has 6 nitrogen and oxygen atoms in total. The number of anilines is 1. The number of aromatic carboxylic acids is 1. The number of aryl methyl sites for hydroxylation is 3. The first-order chi connectivity index (χ1) is 9.92. The predicted molar refractivity (Wildman–Crippen MR) is 80.1 cm³/mol. The highest BCUT2D eigenvalue weighted by molar-refractivity contribution is 7.16. The second kappa shape index (κ2) is 6.01. The Labute approximate surface area is 125 Å². The Morgan fingerprint density at radius 3 is 2.57 bits per heavy atom. The number of aromatic nitrogens is 2. The number of amides is 1. The van der Waals surface area contributed by atoms with Crippen molar-refractivity contribution in [2.45, 2.75) is 27.2 Å². The summed E-state index contributed by atoms with van der Waals surface area (Å²) in [7, 11) is 0. The van der Waals surface area contributed by atoms with E-state index in [0.29, 0.717) is 22.0 Å². The first-order valence-electron chi connectivity index (χ1n) is 6.40. The fourth-order valence-corrected chi connectivity index (χ4v) is 2.80. The van der Waals surface area contributed by atoms with Crippen LogP contribution in [0, 0.1) is 13.8 Å². The maximum atomic E-state index is 12.3. The van der Waals surface area contributed by atoms with Crippen molar-refractivity contribution in [3.8, 4) is 0 Å². The molecular formula is C14H15N3O3S. The molecule has 2 rings (SSSR count). The third kappa shape index (κ3) is 3.25. The summed E-state index contributed by atoms with van der Waals surface area (Å²) in [4.78, 5) is 24.4. The van der Waals surface area contributed by atoms with Crippen molar-refractivity contribution in [1.29, 1.82) is 0 Å². The lowest BCUT2D eigenvalue weighted by Crippen LogP contribution is -2.16. The zero-order chi connectivity index (χ0) is 15.6. The van der Waals surface area contributed by atoms with E-state index < -0.39 is 5.97 Å². The fraction of sp³-hybridized carbons (Fsp3) is 0.286. The lowest BCUT2D eigenvalue weighted by molar-refractivity contribution is 0.0698. The van der Waals surface area contributed by atoms with Crippen molar-refractivity contribution in [2.75, 3.05) is 5.32 Å². The molecule has 0 radical (unpaired) electrons. The van der Waals surface area contributed by atoms with E-state index in [1.807, 2.05) is 6.92 Å². The number of hydrogen-bond acceptors (Lipinski definition) is 5. The Hall–Kier alpha value is -2.28. The number of hydrogen-bond donors (Lipinski definition) is 2. The van der Waals surface area contributed by atoms with Crippen LogP contribution >= 0.6 is 11.3 Å². The van der Waals surface area contributed by atoms with E-state index in [0.717, 1.165) is 11.3 Å². The molecule has 21 heavy (non-hydrogen) atoms. The molecule has 0 aliphatic heterocycles. The Balaban J connectivity index is 2.33. The molecule has 2 heterocycles. The maximum Gasteiger partial charge on any atom is 0.338 e. The van der Waals surface area contributed by atoms with Gasteiger partial charge in [0, 0.05) is 4.88 Å². The number of carbonyl (C=O) groups excluding carboxylic acids is 1. The molecular weight excluding hydrogens is 290 g/mol. The number of nitrogens with one attached hydrogen (secondary N) is 1. The molecule has 110 valence electrons. The summed E-state index contributed by atoms with van der Waals surface area (Å²) in [6.45, 7) is 5.36. The Morgan fingerprint density at radius 1 is 1.24 bits per heavy atom. The molecule has 0 spiro atoms. The van der Waals surface area contributed by atoms with Gasteiger partial charge in [0.2, 0.25) is 0 Å². The van der Waals surface area contributed by atoms with Crippen molar-refractivity contribution in [1.82, 2.24) is 10.2 Å². The van der Waals surface area contributed by atoms with E-state index in [-0.39, 0.29) is 11.5 Å². The van der Waals surface area contributed by atoms with E-state index >= 15 is 0 Å². The Kier molecular flexibility index (Phi) is 4.32. The minimum atomic E-state index is -1.05. The third-order valence-corrected chi connectivity index (χ3v) is 4.13. The van der Waals surface area contributed by atoms with Gasteiger partial charge in [-0.25, -0.2) is 4.79 Å². The van der Waals surface area contributed by atoms with Gasteiger partial charge in [-0.15, -0.1) is 11.3 Å². The SMILES string of the molecule is CCc1cc(C(=O)O)c(NC(=O)c2cc(C)nnc2C)s1. The zero-order valence-electron chi connectivity index (χ0n) is 11.9. The molecule has 0 bridgehead atoms. The van der Waals surface area contributed by atoms with Gasteiger partial charge in [0.1, 0.15) is 5.00 Å². The Bertz CT molecular complexity index is 709. The molecule has 0 aliphatic carbocycles. The summed E-state index contributed by atoms with van der Waals surface area (Å²) in [5.74, 6) is -1.43. The summed E-state index contributed by atoms with van der Waals surface area (Å²) < 4.78 is 0. The van der Waals surface area contributed by atoms with Crippen LogP contribution in [0.5, 0.6) is 0 Å². The van der Waals surface area contributed by atoms with E-state index in [2.05, 4.69) is 15.5 Å². The van der Waals surface area contributed by atoms with Crippen molar-refractivity contribution in [3.63, 3.8) is 0 Å². The van der Waals surface area contributed by atoms with Crippen LogP contribution in [0.4, 0.5) is 5.00 Å². The molecule has 0 atom stereocenters. The topological polar surface area (TPSA) is 92.2 Å². The zero-order valence-corrected chi connectivity index (χ0v) is 12.7. The Morgan fingerprint density at radius 2 is 1.95 bits per heavy atom. The van der Waals surface area contributed by atoms with Crippen molar-refractivity contribution in [2.24, 2.45) is 0 Å². The van der Waals surface area contributed by atoms with E-state index in [9.17, 15) is 14.7 Å².